The van der Waals surface area contributed by atoms with E-state index in [1.807, 2.05) is 31.2 Å². The van der Waals surface area contributed by atoms with E-state index in [1.54, 1.807) is 25.1 Å². The Labute approximate surface area is 201 Å². The van der Waals surface area contributed by atoms with Crippen LogP contribution in [-0.4, -0.2) is 24.6 Å². The number of nitrogens with one attached hydrogen (secondary N) is 2. The highest BCUT2D eigenvalue weighted by Gasteiger charge is 2.15. The molecule has 0 aliphatic carbocycles. The van der Waals surface area contributed by atoms with Gasteiger partial charge in [-0.2, -0.15) is 5.10 Å². The Balaban J connectivity index is 1.63. The lowest BCUT2D eigenvalue weighted by molar-refractivity contribution is -0.136. The molecule has 2 N–H and O–H groups in total. The lowest BCUT2D eigenvalue weighted by Gasteiger charge is -2.13. The lowest BCUT2D eigenvalue weighted by Crippen LogP contribution is -2.32. The van der Waals surface area contributed by atoms with Crippen LogP contribution in [0.1, 0.15) is 23.6 Å². The first-order valence-corrected chi connectivity index (χ1v) is 10.6. The Bertz CT molecular complexity index is 1250. The average molecular weight is 484 g/mol. The molecule has 176 valence electrons. The number of ether oxygens (including phenoxy) is 2. The number of hydrazone groups is 1. The summed E-state index contributed by atoms with van der Waals surface area (Å²) in [6.45, 7) is 4.07. The minimum atomic E-state index is -0.995. The van der Waals surface area contributed by atoms with Gasteiger partial charge < -0.3 is 14.8 Å². The summed E-state index contributed by atoms with van der Waals surface area (Å²) in [5, 5.41) is 6.12. The molecule has 0 aliphatic heterocycles. The van der Waals surface area contributed by atoms with Gasteiger partial charge in [-0.25, -0.2) is 9.82 Å². The topological polar surface area (TPSA) is 89.0 Å². The Morgan fingerprint density at radius 3 is 2.50 bits per heavy atom. The van der Waals surface area contributed by atoms with Crippen LogP contribution in [0, 0.1) is 12.7 Å². The van der Waals surface area contributed by atoms with E-state index in [1.165, 1.54) is 19.2 Å². The summed E-state index contributed by atoms with van der Waals surface area (Å²) in [6.07, 6.45) is 0. The zero-order chi connectivity index (χ0) is 24.7. The maximum absolute atomic E-state index is 13.2. The van der Waals surface area contributed by atoms with E-state index >= 15 is 0 Å². The van der Waals surface area contributed by atoms with Crippen molar-refractivity contribution in [3.63, 3.8) is 0 Å². The zero-order valence-electron chi connectivity index (χ0n) is 18.8. The number of carbonyl (C=O) groups is 2. The molecule has 0 bridgehead atoms. The second kappa shape index (κ2) is 11.3. The number of aryl methyl sites for hydroxylation is 1. The fraction of sp³-hybridized carbons (Fsp3) is 0.160. The molecule has 0 radical (unpaired) electrons. The molecule has 0 saturated carbocycles. The maximum atomic E-state index is 13.2. The monoisotopic (exact) mass is 483 g/mol. The Hall–Kier alpha value is -3.91. The molecule has 0 aromatic heterocycles. The van der Waals surface area contributed by atoms with Crippen LogP contribution in [0.15, 0.2) is 65.8 Å². The van der Waals surface area contributed by atoms with E-state index in [2.05, 4.69) is 15.8 Å². The van der Waals surface area contributed by atoms with Gasteiger partial charge in [0.1, 0.15) is 12.4 Å². The van der Waals surface area contributed by atoms with Gasteiger partial charge in [0.2, 0.25) is 0 Å². The number of methoxy groups -OCH3 is 1. The first kappa shape index (κ1) is 24.7. The normalized spacial score (nSPS) is 11.0. The van der Waals surface area contributed by atoms with Crippen molar-refractivity contribution in [2.75, 3.05) is 12.4 Å². The van der Waals surface area contributed by atoms with Gasteiger partial charge in [0.05, 0.1) is 17.8 Å². The molecule has 34 heavy (non-hydrogen) atoms. The first-order valence-electron chi connectivity index (χ1n) is 10.2. The van der Waals surface area contributed by atoms with Crippen molar-refractivity contribution in [1.29, 1.82) is 0 Å². The standard InChI is InChI=1S/C25H23ClFN3O4/c1-15-6-4-5-7-18(15)14-34-22-11-8-17(12-23(22)33-3)16(2)29-30-25(32)24(31)28-19-9-10-21(27)20(26)13-19/h4-13H,14H2,1-3H3,(H,28,31)(H,30,32)/b29-16+. The highest BCUT2D eigenvalue weighted by atomic mass is 35.5. The molecule has 0 unspecified atom stereocenters. The van der Waals surface area contributed by atoms with Crippen LogP contribution < -0.4 is 20.2 Å². The number of anilines is 1. The maximum Gasteiger partial charge on any atom is 0.329 e. The minimum Gasteiger partial charge on any atom is -0.493 e. The number of hydrogen-bond acceptors (Lipinski definition) is 5. The van der Waals surface area contributed by atoms with Crippen molar-refractivity contribution in [3.8, 4) is 11.5 Å². The fourth-order valence-electron chi connectivity index (χ4n) is 2.95. The number of nitrogens with zero attached hydrogens (tertiary/aromatic N) is 1. The van der Waals surface area contributed by atoms with E-state index in [4.69, 9.17) is 21.1 Å². The Morgan fingerprint density at radius 2 is 1.79 bits per heavy atom. The van der Waals surface area contributed by atoms with Gasteiger partial charge >= 0.3 is 11.8 Å². The van der Waals surface area contributed by atoms with Crippen LogP contribution in [0.5, 0.6) is 11.5 Å². The van der Waals surface area contributed by atoms with Crippen LogP contribution >= 0.6 is 11.6 Å². The van der Waals surface area contributed by atoms with Crippen molar-refractivity contribution in [2.45, 2.75) is 20.5 Å². The molecule has 7 nitrogen and oxygen atoms in total. The summed E-state index contributed by atoms with van der Waals surface area (Å²) in [6, 6.07) is 16.7. The van der Waals surface area contributed by atoms with Crippen molar-refractivity contribution < 1.29 is 23.5 Å². The third kappa shape index (κ3) is 6.32. The second-order valence-corrected chi connectivity index (χ2v) is 7.71. The van der Waals surface area contributed by atoms with Crippen LogP contribution in [0.25, 0.3) is 0 Å². The van der Waals surface area contributed by atoms with Gasteiger partial charge in [-0.05, 0) is 61.4 Å². The summed E-state index contributed by atoms with van der Waals surface area (Å²) in [5.74, 6) is -1.55. The predicted molar refractivity (Wildman–Crippen MR) is 129 cm³/mol. The molecule has 3 aromatic carbocycles. The zero-order valence-corrected chi connectivity index (χ0v) is 19.6. The van der Waals surface area contributed by atoms with E-state index in [9.17, 15) is 14.0 Å². The van der Waals surface area contributed by atoms with Crippen molar-refractivity contribution in [3.05, 3.63) is 88.2 Å². The molecule has 3 rings (SSSR count). The van der Waals surface area contributed by atoms with Crippen LogP contribution in [0.2, 0.25) is 5.02 Å². The Morgan fingerprint density at radius 1 is 1.03 bits per heavy atom. The van der Waals surface area contributed by atoms with Gasteiger partial charge in [0.25, 0.3) is 0 Å². The number of amides is 2. The number of halogens is 2. The highest BCUT2D eigenvalue weighted by molar-refractivity contribution is 6.40. The van der Waals surface area contributed by atoms with E-state index in [0.717, 1.165) is 17.2 Å². The van der Waals surface area contributed by atoms with Gasteiger partial charge in [-0.3, -0.25) is 9.59 Å². The second-order valence-electron chi connectivity index (χ2n) is 7.30. The lowest BCUT2D eigenvalue weighted by atomic mass is 10.1. The first-order chi connectivity index (χ1) is 16.3. The number of benzene rings is 3. The summed E-state index contributed by atoms with van der Waals surface area (Å²) in [4.78, 5) is 24.1. The summed E-state index contributed by atoms with van der Waals surface area (Å²) in [5.41, 5.74) is 5.66. The number of hydrogen-bond donors (Lipinski definition) is 2. The quantitative estimate of drug-likeness (QED) is 0.285. The van der Waals surface area contributed by atoms with Crippen LogP contribution in [-0.2, 0) is 16.2 Å². The molecule has 9 heteroatoms. The fourth-order valence-corrected chi connectivity index (χ4v) is 3.13. The van der Waals surface area contributed by atoms with Gasteiger partial charge in [-0.15, -0.1) is 0 Å². The summed E-state index contributed by atoms with van der Waals surface area (Å²) >= 11 is 5.67. The van der Waals surface area contributed by atoms with Crippen molar-refractivity contribution in [2.24, 2.45) is 5.10 Å². The van der Waals surface area contributed by atoms with E-state index in [0.29, 0.717) is 29.4 Å². The van der Waals surface area contributed by atoms with Gasteiger partial charge in [0, 0.05) is 11.3 Å². The third-order valence-corrected chi connectivity index (χ3v) is 5.22. The van der Waals surface area contributed by atoms with Crippen molar-refractivity contribution >= 4 is 34.8 Å². The van der Waals surface area contributed by atoms with Crippen molar-refractivity contribution in [1.82, 2.24) is 5.43 Å². The largest absolute Gasteiger partial charge is 0.493 e. The predicted octanol–water partition coefficient (Wildman–Crippen LogP) is 4.85. The molecule has 2 amide bonds. The van der Waals surface area contributed by atoms with Crippen LogP contribution in [0.3, 0.4) is 0 Å². The molecule has 0 fully saturated rings. The summed E-state index contributed by atoms with van der Waals surface area (Å²) < 4.78 is 24.6. The molecule has 3 aromatic rings. The summed E-state index contributed by atoms with van der Waals surface area (Å²) in [7, 11) is 1.53. The highest BCUT2D eigenvalue weighted by Crippen LogP contribution is 2.29. The smallest absolute Gasteiger partial charge is 0.329 e. The molecular weight excluding hydrogens is 461 g/mol. The third-order valence-electron chi connectivity index (χ3n) is 4.93. The van der Waals surface area contributed by atoms with Gasteiger partial charge in [-0.1, -0.05) is 35.9 Å². The molecule has 0 atom stereocenters. The molecular formula is C25H23ClFN3O4. The molecule has 0 heterocycles. The van der Waals surface area contributed by atoms with E-state index in [-0.39, 0.29) is 10.7 Å². The minimum absolute atomic E-state index is 0.174. The number of rotatable bonds is 7. The average Bonchev–Trinajstić information content (AvgIpc) is 2.84. The molecule has 0 spiro atoms. The van der Waals surface area contributed by atoms with Gasteiger partial charge in [0.15, 0.2) is 11.5 Å². The SMILES string of the molecule is COc1cc(/C(C)=N/NC(=O)C(=O)Nc2ccc(F)c(Cl)c2)ccc1OCc1ccccc1C. The van der Waals surface area contributed by atoms with E-state index < -0.39 is 17.6 Å². The molecule has 0 aliphatic rings. The number of carbonyl (C=O) groups excluding carboxylic acids is 2. The Kier molecular flexibility index (Phi) is 8.21. The molecule has 0 saturated heterocycles. The van der Waals surface area contributed by atoms with Crippen LogP contribution in [0.4, 0.5) is 10.1 Å².